The molecule has 0 aromatic carbocycles. The minimum atomic E-state index is 0. The van der Waals surface area contributed by atoms with Crippen LogP contribution in [-0.4, -0.2) is 71.0 Å². The number of hydrazine groups is 2. The van der Waals surface area contributed by atoms with E-state index >= 15 is 0 Å². The van der Waals surface area contributed by atoms with Crippen LogP contribution >= 0.6 is 24.4 Å². The molecule has 0 spiro atoms. The Labute approximate surface area is 199 Å². The molecule has 2 saturated heterocycles. The van der Waals surface area contributed by atoms with E-state index in [0.717, 1.165) is 52.4 Å². The van der Waals surface area contributed by atoms with Crippen molar-refractivity contribution in [3.63, 3.8) is 0 Å². The van der Waals surface area contributed by atoms with Crippen molar-refractivity contribution < 1.29 is 59.1 Å². The average molecular weight is 399 g/mol. The maximum atomic E-state index is 4.72. The van der Waals surface area contributed by atoms with Crippen LogP contribution in [0.5, 0.6) is 0 Å². The van der Waals surface area contributed by atoms with Gasteiger partial charge in [-0.25, -0.2) is 10.0 Å². The van der Waals surface area contributed by atoms with E-state index in [9.17, 15) is 0 Å². The Hall–Kier alpha value is 2.06. The summed E-state index contributed by atoms with van der Waals surface area (Å²) in [5, 5.41) is 10.5. The van der Waals surface area contributed by atoms with E-state index in [-0.39, 0.29) is 59.1 Å². The zero-order valence-electron chi connectivity index (χ0n) is 13.2. The smallest absolute Gasteiger partial charge is 0.410 e. The van der Waals surface area contributed by atoms with Gasteiger partial charge in [-0.15, -0.1) is 0 Å². The molecule has 0 aromatic heterocycles. The molecule has 4 N–H and O–H groups in total. The molecule has 12 heteroatoms. The van der Waals surface area contributed by atoms with E-state index in [4.69, 9.17) is 49.7 Å². The summed E-state index contributed by atoms with van der Waals surface area (Å²) in [6, 6.07) is 0. The first-order valence-electron chi connectivity index (χ1n) is 6.44. The van der Waals surface area contributed by atoms with Crippen LogP contribution in [0.2, 0.25) is 0 Å². The van der Waals surface area contributed by atoms with Gasteiger partial charge in [0.1, 0.15) is 0 Å². The van der Waals surface area contributed by atoms with Crippen LogP contribution in [0.25, 0.3) is 0 Å². The van der Waals surface area contributed by atoms with E-state index in [1.54, 1.807) is 0 Å². The van der Waals surface area contributed by atoms with E-state index in [0.29, 0.717) is 8.64 Å². The predicted molar refractivity (Wildman–Crippen MR) is 95.1 cm³/mol. The fourth-order valence-corrected chi connectivity index (χ4v) is 2.33. The summed E-state index contributed by atoms with van der Waals surface area (Å²) in [6.45, 7) is 7.90. The molecule has 2 rings (SSSR count). The van der Waals surface area contributed by atoms with Gasteiger partial charge < -0.3 is 71.2 Å². The van der Waals surface area contributed by atoms with Crippen molar-refractivity contribution in [3.8, 4) is 0 Å². The molecule has 2 heterocycles. The second kappa shape index (κ2) is 16.5. The molecule has 2 aliphatic heterocycles. The minimum absolute atomic E-state index is 0. The quantitative estimate of drug-likeness (QED) is 0.205. The van der Waals surface area contributed by atoms with Gasteiger partial charge in [0, 0.05) is 52.4 Å². The van der Waals surface area contributed by atoms with E-state index < -0.39 is 0 Å². The van der Waals surface area contributed by atoms with Gasteiger partial charge in [0.2, 0.25) is 0 Å². The first-order chi connectivity index (χ1) is 9.58. The van der Waals surface area contributed by atoms with Crippen LogP contribution in [0.15, 0.2) is 0 Å². The summed E-state index contributed by atoms with van der Waals surface area (Å²) in [6.07, 6.45) is 0. The third-order valence-electron chi connectivity index (χ3n) is 2.73. The van der Waals surface area contributed by atoms with E-state index in [2.05, 4.69) is 21.5 Å². The Kier molecular flexibility index (Phi) is 19.7. The fraction of sp³-hybridized carbons (Fsp3) is 0.800. The van der Waals surface area contributed by atoms with Crippen LogP contribution in [0, 0.1) is 0 Å². The first-order valence-corrected chi connectivity index (χ1v) is 8.08. The average Bonchev–Trinajstić information content (AvgIpc) is 2.40. The normalized spacial score (nSPS) is 18.5. The van der Waals surface area contributed by atoms with Gasteiger partial charge in [-0.05, 0) is 8.64 Å². The standard InChI is InChI=1S/2C5H11N3S2.2Na/c2*9-5(10)7-8-3-1-6-2-4-8;;/h2*6H,1-4H2,(H2,7,9,10);;/q;;2*+1/p-2. The van der Waals surface area contributed by atoms with Crippen molar-refractivity contribution in [1.29, 1.82) is 0 Å². The largest absolute Gasteiger partial charge is 1.00 e. The zero-order valence-corrected chi connectivity index (χ0v) is 20.5. The third-order valence-corrected chi connectivity index (χ3v) is 3.10. The summed E-state index contributed by atoms with van der Waals surface area (Å²) in [7, 11) is 0. The number of rotatable bonds is 2. The Balaban J connectivity index is 0. The number of nitrogens with one attached hydrogen (secondary N) is 4. The molecule has 0 aliphatic carbocycles. The van der Waals surface area contributed by atoms with Crippen molar-refractivity contribution in [2.45, 2.75) is 0 Å². The topological polar surface area (TPSA) is 54.6 Å². The Bertz CT molecular complexity index is 284. The maximum Gasteiger partial charge on any atom is 1.00 e. The zero-order chi connectivity index (χ0) is 14.8. The maximum absolute atomic E-state index is 4.72. The van der Waals surface area contributed by atoms with Gasteiger partial charge in [-0.2, -0.15) is 0 Å². The third kappa shape index (κ3) is 14.4. The molecule has 0 saturated carbocycles. The molecule has 0 amide bonds. The van der Waals surface area contributed by atoms with Crippen molar-refractivity contribution in [1.82, 2.24) is 31.5 Å². The van der Waals surface area contributed by atoms with E-state index in [1.165, 1.54) is 0 Å². The number of nitrogens with zero attached hydrogens (tertiary/aromatic N) is 2. The monoisotopic (exact) mass is 398 g/mol. The molecule has 2 aliphatic rings. The van der Waals surface area contributed by atoms with Crippen LogP contribution in [0.1, 0.15) is 0 Å². The molecule has 22 heavy (non-hydrogen) atoms. The number of hydrogen-bond acceptors (Lipinski definition) is 8. The molecule has 0 radical (unpaired) electrons. The van der Waals surface area contributed by atoms with Gasteiger partial charge in [-0.1, -0.05) is 0 Å². The fourth-order valence-electron chi connectivity index (χ4n) is 1.81. The van der Waals surface area contributed by atoms with Crippen LogP contribution in [0.3, 0.4) is 0 Å². The minimum Gasteiger partial charge on any atom is -0.410 e. The van der Waals surface area contributed by atoms with Gasteiger partial charge in [0.15, 0.2) is 0 Å². The Morgan fingerprint density at radius 3 is 1.23 bits per heavy atom. The van der Waals surface area contributed by atoms with Crippen molar-refractivity contribution in [2.75, 3.05) is 52.4 Å². The molecule has 116 valence electrons. The van der Waals surface area contributed by atoms with Gasteiger partial charge in [-0.3, -0.25) is 0 Å². The Morgan fingerprint density at radius 2 is 1.00 bits per heavy atom. The van der Waals surface area contributed by atoms with Gasteiger partial charge in [0.05, 0.1) is 0 Å². The van der Waals surface area contributed by atoms with Crippen LogP contribution < -0.4 is 80.6 Å². The van der Waals surface area contributed by atoms with Crippen LogP contribution in [-0.2, 0) is 25.3 Å². The van der Waals surface area contributed by atoms with Crippen molar-refractivity contribution >= 4 is 58.3 Å². The molecule has 2 fully saturated rings. The number of hydrogen-bond donors (Lipinski definition) is 4. The van der Waals surface area contributed by atoms with Crippen molar-refractivity contribution in [3.05, 3.63) is 0 Å². The van der Waals surface area contributed by atoms with Gasteiger partial charge in [0.25, 0.3) is 0 Å². The van der Waals surface area contributed by atoms with E-state index in [1.807, 2.05) is 10.0 Å². The second-order valence-electron chi connectivity index (χ2n) is 4.27. The molecular weight excluding hydrogens is 378 g/mol. The molecule has 6 nitrogen and oxygen atoms in total. The molecule has 0 unspecified atom stereocenters. The summed E-state index contributed by atoms with van der Waals surface area (Å²) in [4.78, 5) is 0. The second-order valence-corrected chi connectivity index (χ2v) is 6.42. The molecular formula is C10H20N6Na2S4. The predicted octanol–water partition coefficient (Wildman–Crippen LogP) is -7.54. The summed E-state index contributed by atoms with van der Waals surface area (Å²) in [5.74, 6) is 0. The van der Waals surface area contributed by atoms with Gasteiger partial charge >= 0.3 is 59.1 Å². The summed E-state index contributed by atoms with van der Waals surface area (Å²) >= 11 is 18.9. The molecule has 0 aromatic rings. The van der Waals surface area contributed by atoms with Crippen LogP contribution in [0.4, 0.5) is 0 Å². The SMILES string of the molecule is S=C([S-])NN1CCNCC1.S=C([S-])NN1CCNCC1.[Na+].[Na+]. The molecule has 0 bridgehead atoms. The summed E-state index contributed by atoms with van der Waals surface area (Å²) in [5.41, 5.74) is 5.84. The summed E-state index contributed by atoms with van der Waals surface area (Å²) < 4.78 is 0.865. The van der Waals surface area contributed by atoms with Crippen molar-refractivity contribution in [2.24, 2.45) is 0 Å². The Morgan fingerprint density at radius 1 is 0.727 bits per heavy atom. The number of piperazine rings is 2. The molecule has 0 atom stereocenters. The first kappa shape index (κ1) is 26.3. The number of thiocarbonyl (C=S) groups is 2.